The van der Waals surface area contributed by atoms with E-state index >= 15 is 0 Å². The van der Waals surface area contributed by atoms with Crippen molar-refractivity contribution in [3.05, 3.63) is 48.0 Å². The van der Waals surface area contributed by atoms with Crippen LogP contribution in [-0.4, -0.2) is 38.7 Å². The Balaban J connectivity index is 0.000000379. The number of carboxylic acids is 2. The molecule has 2 aromatic rings. The number of anilines is 1. The maximum Gasteiger partial charge on any atom is 0.414 e. The van der Waals surface area contributed by atoms with Gasteiger partial charge in [-0.25, -0.2) is 14.6 Å². The summed E-state index contributed by atoms with van der Waals surface area (Å²) >= 11 is 0. The maximum atomic E-state index is 9.10. The van der Waals surface area contributed by atoms with Gasteiger partial charge in [0.05, 0.1) is 6.33 Å². The quantitative estimate of drug-likeness (QED) is 0.479. The van der Waals surface area contributed by atoms with Crippen molar-refractivity contribution in [2.75, 3.05) is 11.9 Å². The van der Waals surface area contributed by atoms with E-state index in [1.165, 1.54) is 16.9 Å². The van der Waals surface area contributed by atoms with Crippen molar-refractivity contribution in [2.45, 2.75) is 26.2 Å². The first-order chi connectivity index (χ1) is 11.0. The van der Waals surface area contributed by atoms with Gasteiger partial charge in [-0.3, -0.25) is 0 Å². The van der Waals surface area contributed by atoms with Gasteiger partial charge in [0.2, 0.25) is 0 Å². The topological polar surface area (TPSA) is 115 Å². The molecular formula is C16H21N3O4. The fraction of sp³-hybridized carbons (Fsp3) is 0.312. The van der Waals surface area contributed by atoms with Crippen molar-refractivity contribution in [2.24, 2.45) is 0 Å². The summed E-state index contributed by atoms with van der Waals surface area (Å²) in [6, 6.07) is 8.65. The lowest BCUT2D eigenvalue weighted by Gasteiger charge is -2.06. The van der Waals surface area contributed by atoms with Crippen LogP contribution in [0.1, 0.15) is 24.6 Å². The molecule has 0 fully saturated rings. The third-order valence-corrected chi connectivity index (χ3v) is 3.05. The number of benzene rings is 1. The molecule has 0 atom stereocenters. The summed E-state index contributed by atoms with van der Waals surface area (Å²) in [5.41, 5.74) is 3.79. The molecule has 7 heteroatoms. The van der Waals surface area contributed by atoms with Gasteiger partial charge in [-0.2, -0.15) is 0 Å². The Morgan fingerprint density at radius 2 is 1.83 bits per heavy atom. The molecule has 7 nitrogen and oxygen atoms in total. The molecule has 0 amide bonds. The molecule has 0 aliphatic carbocycles. The predicted octanol–water partition coefficient (Wildman–Crippen LogP) is 2.17. The zero-order valence-corrected chi connectivity index (χ0v) is 13.0. The van der Waals surface area contributed by atoms with Crippen LogP contribution in [0.25, 0.3) is 0 Å². The fourth-order valence-electron chi connectivity index (χ4n) is 1.79. The highest BCUT2D eigenvalue weighted by atomic mass is 16.4. The number of hydrogen-bond donors (Lipinski definition) is 4. The minimum atomic E-state index is -1.82. The summed E-state index contributed by atoms with van der Waals surface area (Å²) in [6.07, 6.45) is 6.86. The molecule has 0 unspecified atom stereocenters. The second-order valence-electron chi connectivity index (χ2n) is 4.77. The van der Waals surface area contributed by atoms with E-state index in [-0.39, 0.29) is 0 Å². The van der Waals surface area contributed by atoms with E-state index < -0.39 is 11.9 Å². The summed E-state index contributed by atoms with van der Waals surface area (Å²) in [6.45, 7) is 3.16. The molecule has 0 saturated carbocycles. The number of nitrogens with zero attached hydrogens (tertiary/aromatic N) is 1. The van der Waals surface area contributed by atoms with Gasteiger partial charge in [-0.15, -0.1) is 0 Å². The van der Waals surface area contributed by atoms with Crippen LogP contribution in [0.3, 0.4) is 0 Å². The third-order valence-electron chi connectivity index (χ3n) is 3.05. The largest absolute Gasteiger partial charge is 0.473 e. The first kappa shape index (κ1) is 18.2. The van der Waals surface area contributed by atoms with E-state index in [4.69, 9.17) is 19.8 Å². The molecule has 0 aliphatic heterocycles. The van der Waals surface area contributed by atoms with Crippen molar-refractivity contribution in [3.8, 4) is 0 Å². The van der Waals surface area contributed by atoms with Crippen LogP contribution in [0.2, 0.25) is 0 Å². The van der Waals surface area contributed by atoms with Gasteiger partial charge in [0, 0.05) is 24.1 Å². The van der Waals surface area contributed by atoms with E-state index in [0.29, 0.717) is 0 Å². The highest BCUT2D eigenvalue weighted by Gasteiger charge is 2.04. The normalized spacial score (nSPS) is 9.61. The molecule has 4 N–H and O–H groups in total. The zero-order chi connectivity index (χ0) is 17.1. The van der Waals surface area contributed by atoms with E-state index in [2.05, 4.69) is 46.5 Å². The van der Waals surface area contributed by atoms with Crippen molar-refractivity contribution in [1.82, 2.24) is 9.97 Å². The van der Waals surface area contributed by atoms with Crippen LogP contribution >= 0.6 is 0 Å². The minimum Gasteiger partial charge on any atom is -0.473 e. The van der Waals surface area contributed by atoms with E-state index in [9.17, 15) is 0 Å². The Morgan fingerprint density at radius 1 is 1.17 bits per heavy atom. The first-order valence-electron chi connectivity index (χ1n) is 7.29. The molecule has 23 heavy (non-hydrogen) atoms. The van der Waals surface area contributed by atoms with Crippen LogP contribution in [-0.2, 0) is 22.4 Å². The molecular weight excluding hydrogens is 298 g/mol. The molecule has 0 saturated heterocycles. The molecule has 0 bridgehead atoms. The number of aliphatic carboxylic acids is 2. The zero-order valence-electron chi connectivity index (χ0n) is 13.0. The second kappa shape index (κ2) is 9.99. The van der Waals surface area contributed by atoms with Gasteiger partial charge in [0.1, 0.15) is 0 Å². The second-order valence-corrected chi connectivity index (χ2v) is 4.77. The van der Waals surface area contributed by atoms with Gasteiger partial charge in [-0.1, -0.05) is 19.1 Å². The Labute approximate surface area is 134 Å². The summed E-state index contributed by atoms with van der Waals surface area (Å²) < 4.78 is 0. The van der Waals surface area contributed by atoms with E-state index in [1.807, 2.05) is 6.20 Å². The predicted molar refractivity (Wildman–Crippen MR) is 86.5 cm³/mol. The molecule has 1 heterocycles. The van der Waals surface area contributed by atoms with Crippen LogP contribution in [0.15, 0.2) is 36.8 Å². The number of aromatic amines is 1. The SMILES string of the molecule is CCc1ccc(NCCCc2cnc[nH]2)cc1.O=C(O)C(=O)O. The standard InChI is InChI=1S/C14H19N3.C2H2O4/c1-2-12-5-7-13(8-6-12)16-9-3-4-14-10-15-11-17-14;3-1(4)2(5)6/h5-8,10-11,16H,2-4,9H2,1H3,(H,15,17);(H,3,4)(H,5,6). The van der Waals surface area contributed by atoms with Gasteiger partial charge in [0.25, 0.3) is 0 Å². The smallest absolute Gasteiger partial charge is 0.414 e. The summed E-state index contributed by atoms with van der Waals surface area (Å²) in [5, 5.41) is 18.2. The van der Waals surface area contributed by atoms with Gasteiger partial charge in [-0.05, 0) is 37.0 Å². The lowest BCUT2D eigenvalue weighted by Crippen LogP contribution is -2.09. The number of carboxylic acid groups (broad SMARTS) is 2. The average Bonchev–Trinajstić information content (AvgIpc) is 3.06. The average molecular weight is 319 g/mol. The Bertz CT molecular complexity index is 582. The number of rotatable bonds is 6. The van der Waals surface area contributed by atoms with Gasteiger partial charge >= 0.3 is 11.9 Å². The number of aryl methyl sites for hydroxylation is 2. The van der Waals surface area contributed by atoms with Crippen molar-refractivity contribution < 1.29 is 19.8 Å². The number of imidazole rings is 1. The van der Waals surface area contributed by atoms with Crippen molar-refractivity contribution in [3.63, 3.8) is 0 Å². The molecule has 0 radical (unpaired) electrons. The van der Waals surface area contributed by atoms with E-state index in [0.717, 1.165) is 25.8 Å². The number of hydrogen-bond acceptors (Lipinski definition) is 4. The summed E-state index contributed by atoms with van der Waals surface area (Å²) in [7, 11) is 0. The van der Waals surface area contributed by atoms with Crippen LogP contribution in [0.5, 0.6) is 0 Å². The number of H-pyrrole nitrogens is 1. The van der Waals surface area contributed by atoms with Crippen molar-refractivity contribution in [1.29, 1.82) is 0 Å². The molecule has 1 aromatic carbocycles. The number of aromatic nitrogens is 2. The number of carbonyl (C=O) groups is 2. The molecule has 2 rings (SSSR count). The fourth-order valence-corrected chi connectivity index (χ4v) is 1.79. The number of nitrogens with one attached hydrogen (secondary N) is 2. The molecule has 124 valence electrons. The lowest BCUT2D eigenvalue weighted by molar-refractivity contribution is -0.159. The Hall–Kier alpha value is -2.83. The lowest BCUT2D eigenvalue weighted by atomic mass is 10.1. The molecule has 1 aromatic heterocycles. The summed E-state index contributed by atoms with van der Waals surface area (Å²) in [4.78, 5) is 25.3. The maximum absolute atomic E-state index is 9.10. The van der Waals surface area contributed by atoms with Gasteiger partial charge < -0.3 is 20.5 Å². The molecule has 0 aliphatic rings. The van der Waals surface area contributed by atoms with Gasteiger partial charge in [0.15, 0.2) is 0 Å². The van der Waals surface area contributed by atoms with Crippen LogP contribution in [0.4, 0.5) is 5.69 Å². The summed E-state index contributed by atoms with van der Waals surface area (Å²) in [5.74, 6) is -3.65. The minimum absolute atomic E-state index is 0.991. The van der Waals surface area contributed by atoms with Crippen LogP contribution < -0.4 is 5.32 Å². The molecule has 0 spiro atoms. The third kappa shape index (κ3) is 7.66. The Morgan fingerprint density at radius 3 is 2.30 bits per heavy atom. The monoisotopic (exact) mass is 319 g/mol. The van der Waals surface area contributed by atoms with E-state index in [1.54, 1.807) is 6.33 Å². The Kier molecular flexibility index (Phi) is 7.91. The highest BCUT2D eigenvalue weighted by Crippen LogP contribution is 2.10. The first-order valence-corrected chi connectivity index (χ1v) is 7.29. The van der Waals surface area contributed by atoms with Crippen LogP contribution in [0, 0.1) is 0 Å². The highest BCUT2D eigenvalue weighted by molar-refractivity contribution is 6.27. The van der Waals surface area contributed by atoms with Crippen molar-refractivity contribution >= 4 is 17.6 Å².